The molecule has 0 amide bonds. The van der Waals surface area contributed by atoms with Crippen LogP contribution in [0.5, 0.6) is 5.75 Å². The van der Waals surface area contributed by atoms with Gasteiger partial charge in [-0.1, -0.05) is 41.1 Å². The van der Waals surface area contributed by atoms with Crippen LogP contribution in [0.15, 0.2) is 63.5 Å². The topological polar surface area (TPSA) is 87.0 Å². The molecule has 1 aliphatic heterocycles. The third-order valence-electron chi connectivity index (χ3n) is 5.25. The fourth-order valence-corrected chi connectivity index (χ4v) is 5.02. The van der Waals surface area contributed by atoms with Gasteiger partial charge in [0.25, 0.3) is 5.56 Å². The van der Waals surface area contributed by atoms with Gasteiger partial charge in [0.1, 0.15) is 11.6 Å². The Morgan fingerprint density at radius 1 is 1.23 bits per heavy atom. The molecule has 3 aromatic rings. The number of carbonyl (C=O) groups is 2. The van der Waals surface area contributed by atoms with Gasteiger partial charge in [-0.3, -0.25) is 14.2 Å². The van der Waals surface area contributed by atoms with Crippen molar-refractivity contribution < 1.29 is 23.5 Å². The normalized spacial score (nSPS) is 15.5. The van der Waals surface area contributed by atoms with Crippen LogP contribution in [0.3, 0.4) is 0 Å². The van der Waals surface area contributed by atoms with Crippen LogP contribution in [0.4, 0.5) is 4.39 Å². The van der Waals surface area contributed by atoms with E-state index in [2.05, 4.69) is 4.99 Å². The highest BCUT2D eigenvalue weighted by atomic mass is 35.5. The molecule has 35 heavy (non-hydrogen) atoms. The van der Waals surface area contributed by atoms with Crippen molar-refractivity contribution in [3.05, 3.63) is 95.4 Å². The quantitative estimate of drug-likeness (QED) is 0.384. The summed E-state index contributed by atoms with van der Waals surface area (Å²) in [4.78, 5) is 42.6. The fourth-order valence-electron chi connectivity index (χ4n) is 3.77. The Labute approximate surface area is 208 Å². The van der Waals surface area contributed by atoms with Crippen LogP contribution in [-0.4, -0.2) is 23.1 Å². The summed E-state index contributed by atoms with van der Waals surface area (Å²) in [5.41, 5.74) is 0.804. The summed E-state index contributed by atoms with van der Waals surface area (Å²) >= 11 is 7.21. The van der Waals surface area contributed by atoms with E-state index in [1.165, 1.54) is 35.8 Å². The molecule has 0 spiro atoms. The lowest BCUT2D eigenvalue weighted by atomic mass is 9.96. The first-order valence-corrected chi connectivity index (χ1v) is 11.8. The summed E-state index contributed by atoms with van der Waals surface area (Å²) in [6.07, 6.45) is 1.38. The van der Waals surface area contributed by atoms with Gasteiger partial charge in [0.05, 0.1) is 33.5 Å². The Hall–Kier alpha value is -3.56. The minimum absolute atomic E-state index is 0.0862. The van der Waals surface area contributed by atoms with Gasteiger partial charge in [0.15, 0.2) is 4.80 Å². The number of aromatic nitrogens is 1. The number of carbonyl (C=O) groups excluding carboxylic acids is 2. The SMILES string of the molecule is CCOC(=O)C1=C(C)N=c2sc(=Cc3c(F)cccc3Cl)c(=O)n2C1c1ccc(OC(C)=O)cc1. The number of fused-ring (bicyclic) bond motifs is 1. The van der Waals surface area contributed by atoms with Gasteiger partial charge >= 0.3 is 11.9 Å². The zero-order valence-corrected chi connectivity index (χ0v) is 20.6. The first kappa shape index (κ1) is 24.6. The van der Waals surface area contributed by atoms with E-state index in [0.29, 0.717) is 21.8 Å². The van der Waals surface area contributed by atoms with E-state index in [0.717, 1.165) is 11.3 Å². The maximum absolute atomic E-state index is 14.4. The lowest BCUT2D eigenvalue weighted by Gasteiger charge is -2.24. The fraction of sp³-hybridized carbons (Fsp3) is 0.200. The largest absolute Gasteiger partial charge is 0.463 e. The summed E-state index contributed by atoms with van der Waals surface area (Å²) in [6.45, 7) is 4.78. The summed E-state index contributed by atoms with van der Waals surface area (Å²) in [5.74, 6) is -1.32. The van der Waals surface area contributed by atoms with Crippen molar-refractivity contribution in [2.45, 2.75) is 26.8 Å². The molecule has 180 valence electrons. The first-order valence-electron chi connectivity index (χ1n) is 10.6. The molecule has 1 aromatic heterocycles. The summed E-state index contributed by atoms with van der Waals surface area (Å²) < 4.78 is 26.3. The molecule has 0 radical (unpaired) electrons. The number of nitrogens with zero attached hydrogens (tertiary/aromatic N) is 2. The molecule has 7 nitrogen and oxygen atoms in total. The van der Waals surface area contributed by atoms with Crippen molar-refractivity contribution in [2.75, 3.05) is 6.61 Å². The minimum atomic E-state index is -0.852. The molecule has 0 saturated heterocycles. The lowest BCUT2D eigenvalue weighted by Crippen LogP contribution is -2.39. The van der Waals surface area contributed by atoms with Gasteiger partial charge in [-0.15, -0.1) is 0 Å². The monoisotopic (exact) mass is 514 g/mol. The third kappa shape index (κ3) is 4.82. The van der Waals surface area contributed by atoms with Gasteiger partial charge < -0.3 is 9.47 Å². The van der Waals surface area contributed by atoms with Crippen LogP contribution in [0.1, 0.15) is 37.9 Å². The average molecular weight is 515 g/mol. The summed E-state index contributed by atoms with van der Waals surface area (Å²) in [7, 11) is 0. The van der Waals surface area contributed by atoms with E-state index < -0.39 is 29.4 Å². The van der Waals surface area contributed by atoms with Gasteiger partial charge in [-0.2, -0.15) is 0 Å². The van der Waals surface area contributed by atoms with Crippen LogP contribution in [-0.2, 0) is 14.3 Å². The Bertz CT molecular complexity index is 1520. The predicted molar refractivity (Wildman–Crippen MR) is 130 cm³/mol. The van der Waals surface area contributed by atoms with Crippen LogP contribution in [0, 0.1) is 5.82 Å². The van der Waals surface area contributed by atoms with E-state index in [1.54, 1.807) is 38.1 Å². The van der Waals surface area contributed by atoms with E-state index in [4.69, 9.17) is 21.1 Å². The zero-order chi connectivity index (χ0) is 25.3. The standard InChI is InChI=1S/C25H20ClFN2O5S/c1-4-33-24(32)21-13(2)28-25-29(22(21)15-8-10-16(11-9-15)34-14(3)30)23(31)20(35-25)12-17-18(26)6-5-7-19(17)27/h5-12,22H,4H2,1-3H3. The Balaban J connectivity index is 1.94. The van der Waals surface area contributed by atoms with Gasteiger partial charge in [-0.25, -0.2) is 14.2 Å². The number of benzene rings is 2. The maximum atomic E-state index is 14.4. The second-order valence-corrected chi connectivity index (χ2v) is 9.02. The van der Waals surface area contributed by atoms with Crippen molar-refractivity contribution >= 4 is 41.0 Å². The predicted octanol–water partition coefficient (Wildman–Crippen LogP) is 3.52. The Kier molecular flexibility index (Phi) is 7.00. The molecule has 0 N–H and O–H groups in total. The molecule has 2 aromatic carbocycles. The van der Waals surface area contributed by atoms with Crippen molar-refractivity contribution in [3.63, 3.8) is 0 Å². The number of thiazole rings is 1. The van der Waals surface area contributed by atoms with Crippen LogP contribution < -0.4 is 19.6 Å². The number of ether oxygens (including phenoxy) is 2. The van der Waals surface area contributed by atoms with E-state index in [-0.39, 0.29) is 27.3 Å². The van der Waals surface area contributed by atoms with Crippen molar-refractivity contribution in [1.29, 1.82) is 0 Å². The maximum Gasteiger partial charge on any atom is 0.338 e. The van der Waals surface area contributed by atoms with Gasteiger partial charge in [0.2, 0.25) is 0 Å². The molecule has 0 saturated carbocycles. The number of allylic oxidation sites excluding steroid dienone is 1. The molecule has 10 heteroatoms. The Morgan fingerprint density at radius 3 is 2.57 bits per heavy atom. The molecule has 0 fully saturated rings. The second kappa shape index (κ2) is 9.97. The van der Waals surface area contributed by atoms with E-state index >= 15 is 0 Å². The van der Waals surface area contributed by atoms with Crippen LogP contribution in [0.25, 0.3) is 6.08 Å². The lowest BCUT2D eigenvalue weighted by molar-refractivity contribution is -0.139. The van der Waals surface area contributed by atoms with Crippen LogP contribution in [0.2, 0.25) is 5.02 Å². The van der Waals surface area contributed by atoms with Crippen molar-refractivity contribution in [2.24, 2.45) is 4.99 Å². The van der Waals surface area contributed by atoms with Crippen molar-refractivity contribution in [3.8, 4) is 5.75 Å². The minimum Gasteiger partial charge on any atom is -0.463 e. The van der Waals surface area contributed by atoms with E-state index in [9.17, 15) is 18.8 Å². The van der Waals surface area contributed by atoms with Crippen LogP contribution >= 0.6 is 22.9 Å². The molecule has 4 rings (SSSR count). The first-order chi connectivity index (χ1) is 16.7. The molecular formula is C25H20ClFN2O5S. The molecule has 1 aliphatic rings. The number of hydrogen-bond donors (Lipinski definition) is 0. The molecule has 2 heterocycles. The number of hydrogen-bond acceptors (Lipinski definition) is 7. The highest BCUT2D eigenvalue weighted by Crippen LogP contribution is 2.31. The van der Waals surface area contributed by atoms with E-state index in [1.807, 2.05) is 0 Å². The molecule has 0 bridgehead atoms. The average Bonchev–Trinajstić information content (AvgIpc) is 3.10. The third-order valence-corrected chi connectivity index (χ3v) is 6.56. The second-order valence-electron chi connectivity index (χ2n) is 7.60. The number of esters is 2. The smallest absolute Gasteiger partial charge is 0.338 e. The highest BCUT2D eigenvalue weighted by Gasteiger charge is 2.33. The Morgan fingerprint density at radius 2 is 1.94 bits per heavy atom. The molecular weight excluding hydrogens is 495 g/mol. The highest BCUT2D eigenvalue weighted by molar-refractivity contribution is 7.07. The van der Waals surface area contributed by atoms with Gasteiger partial charge in [0, 0.05) is 12.5 Å². The molecule has 0 aliphatic carbocycles. The van der Waals surface area contributed by atoms with Crippen molar-refractivity contribution in [1.82, 2.24) is 4.57 Å². The van der Waals surface area contributed by atoms with Gasteiger partial charge in [-0.05, 0) is 49.8 Å². The number of halogens is 2. The zero-order valence-electron chi connectivity index (χ0n) is 19.0. The summed E-state index contributed by atoms with van der Waals surface area (Å²) in [6, 6.07) is 9.88. The molecule has 1 atom stereocenters. The summed E-state index contributed by atoms with van der Waals surface area (Å²) in [5, 5.41) is 0.164. The molecule has 1 unspecified atom stereocenters. The number of rotatable bonds is 5.